The second kappa shape index (κ2) is 18.3. The highest BCUT2D eigenvalue weighted by atomic mass is 32.2. The number of methoxy groups -OCH3 is 1. The molecule has 0 aromatic heterocycles. The number of nitrogens with zero attached hydrogens (tertiary/aromatic N) is 1. The molecule has 8 heteroatoms. The zero-order valence-corrected chi connectivity index (χ0v) is 28.7. The summed E-state index contributed by atoms with van der Waals surface area (Å²) in [6, 6.07) is 31.3. The third-order valence-electron chi connectivity index (χ3n) is 8.14. The number of carbonyl (C=O) groups excluding carboxylic acids is 3. The third-order valence-corrected chi connectivity index (χ3v) is 8.79. The van der Waals surface area contributed by atoms with Crippen molar-refractivity contribution in [3.05, 3.63) is 119 Å². The van der Waals surface area contributed by atoms with Crippen LogP contribution in [0, 0.1) is 5.92 Å². The van der Waals surface area contributed by atoms with Crippen molar-refractivity contribution in [3.8, 4) is 0 Å². The summed E-state index contributed by atoms with van der Waals surface area (Å²) in [6.45, 7) is 5.28. The average molecular weight is 654 g/mol. The van der Waals surface area contributed by atoms with Crippen molar-refractivity contribution >= 4 is 40.3 Å². The van der Waals surface area contributed by atoms with E-state index in [9.17, 15) is 14.4 Å². The minimum absolute atomic E-state index is 0.0606. The molecular weight excluding hydrogens is 607 g/mol. The van der Waals surface area contributed by atoms with E-state index in [1.807, 2.05) is 66.9 Å². The second-order valence-corrected chi connectivity index (χ2v) is 13.3. The number of benzene rings is 4. The molecule has 0 aliphatic carbocycles. The zero-order valence-electron chi connectivity index (χ0n) is 27.9. The molecule has 2 atom stereocenters. The highest BCUT2D eigenvalue weighted by Gasteiger charge is 2.25. The first kappa shape index (κ1) is 35.7. The van der Waals surface area contributed by atoms with Gasteiger partial charge in [-0.3, -0.25) is 14.5 Å². The Kier molecular flexibility index (Phi) is 13.9. The van der Waals surface area contributed by atoms with Gasteiger partial charge in [-0.05, 0) is 70.7 Å². The third kappa shape index (κ3) is 11.0. The molecule has 0 bridgehead atoms. The van der Waals surface area contributed by atoms with Crippen molar-refractivity contribution in [3.63, 3.8) is 0 Å². The molecule has 0 saturated heterocycles. The van der Waals surface area contributed by atoms with Gasteiger partial charge < -0.3 is 15.4 Å². The standard InChI is InChI=1S/C39H47N3O4S/c1-28(2)23-33(40-38(44)35-20-11-9-16-31(35)24-29-13-6-5-7-14-29)26-42(25-32-18-12-17-30-15-8-10-19-34(30)32)27-37(43)41-36(21-22-47-4)39(45)46-3/h5-20,28,33,36H,21-27H2,1-4H3,(H,40,44)(H,41,43). The molecule has 2 amide bonds. The summed E-state index contributed by atoms with van der Waals surface area (Å²) >= 11 is 1.61. The lowest BCUT2D eigenvalue weighted by molar-refractivity contribution is -0.145. The van der Waals surface area contributed by atoms with Crippen molar-refractivity contribution in [1.29, 1.82) is 0 Å². The van der Waals surface area contributed by atoms with Gasteiger partial charge in [-0.15, -0.1) is 0 Å². The quantitative estimate of drug-likeness (QED) is 0.127. The molecule has 4 rings (SSSR count). The lowest BCUT2D eigenvalue weighted by Crippen LogP contribution is -2.49. The number of ether oxygens (including phenoxy) is 1. The molecular formula is C39H47N3O4S. The number of thioether (sulfide) groups is 1. The molecule has 0 saturated carbocycles. The van der Waals surface area contributed by atoms with Crippen molar-refractivity contribution in [2.24, 2.45) is 5.92 Å². The Labute approximate surface area is 283 Å². The Morgan fingerprint density at radius 1 is 0.830 bits per heavy atom. The summed E-state index contributed by atoms with van der Waals surface area (Å²) in [5, 5.41) is 8.48. The fraction of sp³-hybridized carbons (Fsp3) is 0.359. The van der Waals surface area contributed by atoms with Crippen molar-refractivity contribution < 1.29 is 19.1 Å². The Morgan fingerprint density at radius 3 is 2.26 bits per heavy atom. The van der Waals surface area contributed by atoms with Crippen LogP contribution in [-0.2, 0) is 27.3 Å². The average Bonchev–Trinajstić information content (AvgIpc) is 3.06. The topological polar surface area (TPSA) is 87.7 Å². The molecule has 0 radical (unpaired) electrons. The van der Waals surface area contributed by atoms with Crippen LogP contribution in [0.3, 0.4) is 0 Å². The van der Waals surface area contributed by atoms with E-state index >= 15 is 0 Å². The van der Waals surface area contributed by atoms with Crippen molar-refractivity contribution in [2.75, 3.05) is 32.2 Å². The van der Waals surface area contributed by atoms with Gasteiger partial charge in [0, 0.05) is 24.7 Å². The fourth-order valence-electron chi connectivity index (χ4n) is 5.96. The largest absolute Gasteiger partial charge is 0.467 e. The Balaban J connectivity index is 1.58. The maximum absolute atomic E-state index is 13.9. The molecule has 4 aromatic carbocycles. The lowest BCUT2D eigenvalue weighted by Gasteiger charge is -2.30. The van der Waals surface area contributed by atoms with Gasteiger partial charge in [0.25, 0.3) is 5.91 Å². The van der Waals surface area contributed by atoms with Crippen molar-refractivity contribution in [2.45, 2.75) is 51.7 Å². The number of rotatable bonds is 17. The maximum atomic E-state index is 13.9. The number of carbonyl (C=O) groups is 3. The Morgan fingerprint density at radius 2 is 1.51 bits per heavy atom. The summed E-state index contributed by atoms with van der Waals surface area (Å²) in [5.41, 5.74) is 3.84. The SMILES string of the molecule is COC(=O)C(CCSC)NC(=O)CN(Cc1cccc2ccccc12)CC(CC(C)C)NC(=O)c1ccccc1Cc1ccccc1. The minimum Gasteiger partial charge on any atom is -0.467 e. The Hall–Kier alpha value is -4.14. The van der Waals surface area contributed by atoms with Gasteiger partial charge in [-0.25, -0.2) is 4.79 Å². The molecule has 0 aliphatic heterocycles. The minimum atomic E-state index is -0.716. The predicted octanol–water partition coefficient (Wildman–Crippen LogP) is 6.49. The van der Waals surface area contributed by atoms with E-state index in [2.05, 4.69) is 65.8 Å². The van der Waals surface area contributed by atoms with Crippen LogP contribution in [0.25, 0.3) is 10.8 Å². The number of hydrogen-bond acceptors (Lipinski definition) is 6. The van der Waals surface area contributed by atoms with Gasteiger partial charge in [0.15, 0.2) is 0 Å². The van der Waals surface area contributed by atoms with Gasteiger partial charge in [0.2, 0.25) is 5.91 Å². The van der Waals surface area contributed by atoms with Crippen LogP contribution < -0.4 is 10.6 Å². The van der Waals surface area contributed by atoms with Gasteiger partial charge in [0.1, 0.15) is 6.04 Å². The number of fused-ring (bicyclic) bond motifs is 1. The van der Waals surface area contributed by atoms with Gasteiger partial charge >= 0.3 is 5.97 Å². The van der Waals surface area contributed by atoms with Gasteiger partial charge in [0.05, 0.1) is 13.7 Å². The van der Waals surface area contributed by atoms with E-state index in [-0.39, 0.29) is 24.4 Å². The lowest BCUT2D eigenvalue weighted by atomic mass is 9.98. The first-order chi connectivity index (χ1) is 22.8. The fourth-order valence-corrected chi connectivity index (χ4v) is 6.43. The summed E-state index contributed by atoms with van der Waals surface area (Å²) in [5.74, 6) is 0.188. The molecule has 7 nitrogen and oxygen atoms in total. The molecule has 0 aliphatic rings. The highest BCUT2D eigenvalue weighted by molar-refractivity contribution is 7.98. The summed E-state index contributed by atoms with van der Waals surface area (Å²) in [4.78, 5) is 41.9. The monoisotopic (exact) mass is 653 g/mol. The van der Waals surface area contributed by atoms with Gasteiger partial charge in [-0.1, -0.05) is 105 Å². The van der Waals surface area contributed by atoms with E-state index in [4.69, 9.17) is 4.74 Å². The highest BCUT2D eigenvalue weighted by Crippen LogP contribution is 2.21. The second-order valence-electron chi connectivity index (χ2n) is 12.4. The van der Waals surface area contributed by atoms with E-state index in [0.29, 0.717) is 43.2 Å². The number of esters is 1. The Bertz CT molecular complexity index is 1610. The van der Waals surface area contributed by atoms with Crippen molar-refractivity contribution in [1.82, 2.24) is 15.5 Å². The number of amides is 2. The van der Waals surface area contributed by atoms with E-state index in [1.165, 1.54) is 7.11 Å². The van der Waals surface area contributed by atoms with E-state index < -0.39 is 12.0 Å². The first-order valence-electron chi connectivity index (χ1n) is 16.2. The van der Waals surface area contributed by atoms with Crippen LogP contribution in [0.15, 0.2) is 97.1 Å². The van der Waals surface area contributed by atoms with Crippen LogP contribution in [-0.4, -0.2) is 67.0 Å². The molecule has 2 N–H and O–H groups in total. The molecule has 0 heterocycles. The molecule has 4 aromatic rings. The van der Waals surface area contributed by atoms with Crippen LogP contribution >= 0.6 is 11.8 Å². The summed E-state index contributed by atoms with van der Waals surface area (Å²) in [7, 11) is 1.34. The van der Waals surface area contributed by atoms with Crippen LogP contribution in [0.1, 0.15) is 53.7 Å². The summed E-state index contributed by atoms with van der Waals surface area (Å²) in [6.07, 6.45) is 3.84. The summed E-state index contributed by atoms with van der Waals surface area (Å²) < 4.78 is 4.98. The normalized spacial score (nSPS) is 12.6. The molecule has 2 unspecified atom stereocenters. The molecule has 248 valence electrons. The number of hydrogen-bond donors (Lipinski definition) is 2. The molecule has 47 heavy (non-hydrogen) atoms. The zero-order chi connectivity index (χ0) is 33.6. The molecule has 0 fully saturated rings. The van der Waals surface area contributed by atoms with Crippen LogP contribution in [0.4, 0.5) is 0 Å². The van der Waals surface area contributed by atoms with E-state index in [0.717, 1.165) is 33.9 Å². The van der Waals surface area contributed by atoms with Crippen LogP contribution in [0.2, 0.25) is 0 Å². The molecule has 0 spiro atoms. The number of nitrogens with one attached hydrogen (secondary N) is 2. The van der Waals surface area contributed by atoms with Crippen LogP contribution in [0.5, 0.6) is 0 Å². The first-order valence-corrected chi connectivity index (χ1v) is 17.6. The smallest absolute Gasteiger partial charge is 0.328 e. The predicted molar refractivity (Wildman–Crippen MR) is 193 cm³/mol. The van der Waals surface area contributed by atoms with E-state index in [1.54, 1.807) is 11.8 Å². The maximum Gasteiger partial charge on any atom is 0.328 e. The van der Waals surface area contributed by atoms with Gasteiger partial charge in [-0.2, -0.15) is 11.8 Å².